The number of hydrazine groups is 1. The van der Waals surface area contributed by atoms with Crippen LogP contribution in [0.25, 0.3) is 0 Å². The Hall–Kier alpha value is -0.400. The maximum absolute atomic E-state index is 6.28. The van der Waals surface area contributed by atoms with E-state index < -0.39 is 0 Å². The normalized spacial score (nSPS) is 12.7. The zero-order valence-corrected chi connectivity index (χ0v) is 14.8. The maximum atomic E-state index is 6.28. The van der Waals surface area contributed by atoms with Crippen molar-refractivity contribution in [2.75, 3.05) is 0 Å². The molecule has 0 aliphatic heterocycles. The van der Waals surface area contributed by atoms with Crippen LogP contribution < -0.4 is 11.3 Å². The third-order valence-electron chi connectivity index (χ3n) is 2.93. The molecule has 0 saturated carbocycles. The smallest absolute Gasteiger partial charge is 0.0894 e. The fourth-order valence-corrected chi connectivity index (χ4v) is 3.70. The van der Waals surface area contributed by atoms with Crippen LogP contribution in [0.3, 0.4) is 0 Å². The molecule has 0 aliphatic rings. The molecule has 1 aromatic heterocycles. The van der Waals surface area contributed by atoms with Crippen LogP contribution in [0.1, 0.15) is 30.6 Å². The van der Waals surface area contributed by atoms with Crippen molar-refractivity contribution in [1.29, 1.82) is 0 Å². The highest BCUT2D eigenvalue weighted by molar-refractivity contribution is 9.11. The summed E-state index contributed by atoms with van der Waals surface area (Å²) in [5, 5.41) is 4.92. The summed E-state index contributed by atoms with van der Waals surface area (Å²) in [6, 6.07) is 5.77. The van der Waals surface area contributed by atoms with Gasteiger partial charge < -0.3 is 0 Å². The molecule has 0 bridgehead atoms. The zero-order valence-electron chi connectivity index (χ0n) is 10.9. The van der Waals surface area contributed by atoms with Gasteiger partial charge in [0.2, 0.25) is 0 Å². The number of halogens is 3. The number of nitrogens with zero attached hydrogens (tertiary/aromatic N) is 2. The molecule has 20 heavy (non-hydrogen) atoms. The second kappa shape index (κ2) is 7.04. The summed E-state index contributed by atoms with van der Waals surface area (Å²) < 4.78 is 3.83. The van der Waals surface area contributed by atoms with E-state index in [1.54, 1.807) is 6.20 Å². The maximum Gasteiger partial charge on any atom is 0.0894 e. The lowest BCUT2D eigenvalue weighted by atomic mass is 10.0. The minimum absolute atomic E-state index is 0.217. The number of rotatable bonds is 5. The van der Waals surface area contributed by atoms with Gasteiger partial charge in [-0.1, -0.05) is 50.4 Å². The monoisotopic (exact) mass is 420 g/mol. The van der Waals surface area contributed by atoms with Gasteiger partial charge in [0.05, 0.1) is 23.0 Å². The summed E-state index contributed by atoms with van der Waals surface area (Å²) in [5.74, 6) is 5.75. The predicted molar refractivity (Wildman–Crippen MR) is 88.5 cm³/mol. The third kappa shape index (κ3) is 3.43. The molecule has 1 heterocycles. The Balaban J connectivity index is 2.49. The van der Waals surface area contributed by atoms with Gasteiger partial charge in [0, 0.05) is 15.5 Å². The summed E-state index contributed by atoms with van der Waals surface area (Å²) in [7, 11) is 0. The second-order valence-electron chi connectivity index (χ2n) is 4.40. The highest BCUT2D eigenvalue weighted by Crippen LogP contribution is 2.31. The Morgan fingerprint density at radius 3 is 2.55 bits per heavy atom. The number of hydrogen-bond donors (Lipinski definition) is 2. The van der Waals surface area contributed by atoms with Gasteiger partial charge in [0.25, 0.3) is 0 Å². The van der Waals surface area contributed by atoms with Crippen molar-refractivity contribution in [3.63, 3.8) is 0 Å². The van der Waals surface area contributed by atoms with Gasteiger partial charge in [0.15, 0.2) is 0 Å². The second-order valence-corrected chi connectivity index (χ2v) is 6.64. The molecule has 2 aromatic rings. The number of aryl methyl sites for hydroxylation is 1. The number of nitrogens with one attached hydrogen (secondary N) is 1. The van der Waals surface area contributed by atoms with Gasteiger partial charge in [0.1, 0.15) is 0 Å². The largest absolute Gasteiger partial charge is 0.271 e. The quantitative estimate of drug-likeness (QED) is 0.565. The molecule has 0 aliphatic carbocycles. The van der Waals surface area contributed by atoms with Crippen molar-refractivity contribution < 1.29 is 0 Å². The first-order valence-electron chi connectivity index (χ1n) is 6.20. The van der Waals surface area contributed by atoms with E-state index in [9.17, 15) is 0 Å². The van der Waals surface area contributed by atoms with Crippen molar-refractivity contribution in [2.45, 2.75) is 25.9 Å². The highest BCUT2D eigenvalue weighted by atomic mass is 79.9. The summed E-state index contributed by atoms with van der Waals surface area (Å²) in [4.78, 5) is 0. The van der Waals surface area contributed by atoms with Crippen LogP contribution in [-0.2, 0) is 6.54 Å². The van der Waals surface area contributed by atoms with Gasteiger partial charge in [-0.2, -0.15) is 5.10 Å². The first-order valence-corrected chi connectivity index (χ1v) is 8.16. The number of aromatic nitrogens is 2. The highest BCUT2D eigenvalue weighted by Gasteiger charge is 2.21. The number of hydrogen-bond acceptors (Lipinski definition) is 3. The number of benzene rings is 1. The molecule has 2 rings (SSSR count). The zero-order chi connectivity index (χ0) is 14.7. The van der Waals surface area contributed by atoms with Crippen molar-refractivity contribution in [3.8, 4) is 0 Å². The van der Waals surface area contributed by atoms with Crippen LogP contribution in [0.2, 0.25) is 5.02 Å². The van der Waals surface area contributed by atoms with Gasteiger partial charge in [-0.25, -0.2) is 5.43 Å². The van der Waals surface area contributed by atoms with Crippen LogP contribution >= 0.6 is 43.5 Å². The standard InChI is InChI=1S/C13H15Br2ClN4/c1-2-3-20-13(11(16)7-18-20)12(19-17)8-4-9(14)6-10(15)5-8/h4-7,12,19H,2-3,17H2,1H3. The van der Waals surface area contributed by atoms with E-state index in [4.69, 9.17) is 17.4 Å². The molecule has 1 atom stereocenters. The van der Waals surface area contributed by atoms with Crippen molar-refractivity contribution >= 4 is 43.5 Å². The van der Waals surface area contributed by atoms with Gasteiger partial charge in [-0.15, -0.1) is 0 Å². The van der Waals surface area contributed by atoms with Crippen LogP contribution in [0.4, 0.5) is 0 Å². The summed E-state index contributed by atoms with van der Waals surface area (Å²) >= 11 is 13.3. The molecule has 1 unspecified atom stereocenters. The van der Waals surface area contributed by atoms with Crippen molar-refractivity contribution in [2.24, 2.45) is 5.84 Å². The van der Waals surface area contributed by atoms with Crippen LogP contribution in [-0.4, -0.2) is 9.78 Å². The van der Waals surface area contributed by atoms with E-state index in [1.807, 2.05) is 22.9 Å². The summed E-state index contributed by atoms with van der Waals surface area (Å²) in [5.41, 5.74) is 4.71. The topological polar surface area (TPSA) is 55.9 Å². The minimum Gasteiger partial charge on any atom is -0.271 e. The van der Waals surface area contributed by atoms with Gasteiger partial charge in [-0.3, -0.25) is 10.5 Å². The molecule has 0 fully saturated rings. The summed E-state index contributed by atoms with van der Waals surface area (Å²) in [6.45, 7) is 2.90. The first kappa shape index (κ1) is 16.0. The number of nitrogens with two attached hydrogens (primary N) is 1. The molecule has 3 N–H and O–H groups in total. The van der Waals surface area contributed by atoms with E-state index in [0.717, 1.165) is 33.2 Å². The Morgan fingerprint density at radius 1 is 1.35 bits per heavy atom. The van der Waals surface area contributed by atoms with Crippen molar-refractivity contribution in [1.82, 2.24) is 15.2 Å². The SMILES string of the molecule is CCCn1ncc(Cl)c1C(NN)c1cc(Br)cc(Br)c1. The Labute approximate surface area is 139 Å². The van der Waals surface area contributed by atoms with Crippen molar-refractivity contribution in [3.05, 3.63) is 49.6 Å². The molecule has 0 amide bonds. The van der Waals surface area contributed by atoms with E-state index in [2.05, 4.69) is 49.3 Å². The molecular weight excluding hydrogens is 407 g/mol. The molecular formula is C13H15Br2ClN4. The molecule has 108 valence electrons. The molecule has 1 aromatic carbocycles. The lowest BCUT2D eigenvalue weighted by Crippen LogP contribution is -2.31. The lowest BCUT2D eigenvalue weighted by molar-refractivity contribution is 0.521. The first-order chi connectivity index (χ1) is 9.56. The van der Waals surface area contributed by atoms with Crippen LogP contribution in [0.5, 0.6) is 0 Å². The minimum atomic E-state index is -0.217. The van der Waals surface area contributed by atoms with Gasteiger partial charge >= 0.3 is 0 Å². The third-order valence-corrected chi connectivity index (χ3v) is 4.13. The molecule has 0 spiro atoms. The molecule has 0 saturated heterocycles. The van der Waals surface area contributed by atoms with E-state index in [1.165, 1.54) is 0 Å². The summed E-state index contributed by atoms with van der Waals surface area (Å²) in [6.07, 6.45) is 2.63. The van der Waals surface area contributed by atoms with Gasteiger partial charge in [-0.05, 0) is 30.2 Å². The molecule has 0 radical (unpaired) electrons. The predicted octanol–water partition coefficient (Wildman–Crippen LogP) is 4.02. The Bertz CT molecular complexity index is 580. The van der Waals surface area contributed by atoms with E-state index in [0.29, 0.717) is 5.02 Å². The fourth-order valence-electron chi connectivity index (χ4n) is 2.12. The lowest BCUT2D eigenvalue weighted by Gasteiger charge is -2.19. The van der Waals surface area contributed by atoms with Crippen LogP contribution in [0, 0.1) is 0 Å². The van der Waals surface area contributed by atoms with Crippen LogP contribution in [0.15, 0.2) is 33.3 Å². The molecule has 7 heteroatoms. The average Bonchev–Trinajstić information content (AvgIpc) is 2.72. The Kier molecular flexibility index (Phi) is 5.63. The van der Waals surface area contributed by atoms with E-state index >= 15 is 0 Å². The molecule has 4 nitrogen and oxygen atoms in total. The fraction of sp³-hybridized carbons (Fsp3) is 0.308. The Morgan fingerprint density at radius 2 is 2.00 bits per heavy atom. The van der Waals surface area contributed by atoms with E-state index in [-0.39, 0.29) is 6.04 Å². The average molecular weight is 423 g/mol.